The van der Waals surface area contributed by atoms with Crippen molar-refractivity contribution in [3.8, 4) is 11.8 Å². The Kier molecular flexibility index (Phi) is 5.79. The van der Waals surface area contributed by atoms with Crippen LogP contribution in [0.4, 0.5) is 13.2 Å². The molecular weight excluding hydrogens is 383 g/mol. The monoisotopic (exact) mass is 397 g/mol. The second kappa shape index (κ2) is 8.44. The predicted octanol–water partition coefficient (Wildman–Crippen LogP) is 4.41. The molecule has 0 saturated heterocycles. The van der Waals surface area contributed by atoms with Crippen LogP contribution in [0.25, 0.3) is 12.2 Å². The van der Waals surface area contributed by atoms with E-state index in [1.807, 2.05) is 6.07 Å². The number of hydrogen-bond donors (Lipinski definition) is 1. The van der Waals surface area contributed by atoms with Gasteiger partial charge in [-0.1, -0.05) is 36.4 Å². The summed E-state index contributed by atoms with van der Waals surface area (Å²) >= 11 is 0. The maximum Gasteiger partial charge on any atom is 0.431 e. The van der Waals surface area contributed by atoms with Crippen molar-refractivity contribution >= 4 is 12.2 Å². The zero-order chi connectivity index (χ0) is 20.9. The highest BCUT2D eigenvalue weighted by atomic mass is 19.4. The summed E-state index contributed by atoms with van der Waals surface area (Å²) in [6.45, 7) is 0.232. The normalized spacial score (nSPS) is 11.4. The van der Waals surface area contributed by atoms with E-state index in [1.54, 1.807) is 47.4 Å². The van der Waals surface area contributed by atoms with Gasteiger partial charge in [-0.15, -0.1) is 0 Å². The average Bonchev–Trinajstić information content (AvgIpc) is 2.70. The molecule has 2 aromatic carbocycles. The highest BCUT2D eigenvalue weighted by molar-refractivity contribution is 5.68. The molecule has 3 rings (SSSR count). The van der Waals surface area contributed by atoms with Gasteiger partial charge in [-0.25, -0.2) is 4.79 Å². The van der Waals surface area contributed by atoms with Gasteiger partial charge in [0.15, 0.2) is 0 Å². The molecule has 5 nitrogen and oxygen atoms in total. The van der Waals surface area contributed by atoms with Crippen LogP contribution in [0.1, 0.15) is 28.1 Å². The van der Waals surface area contributed by atoms with Gasteiger partial charge in [-0.2, -0.15) is 23.4 Å². The standard InChI is InChI=1S/C21H14F3N3O2/c22-21(23,24)19-11-17(26-20(28)27-19)8-5-14-6-9-18(10-7-14)29-13-16-4-2-1-3-15(16)12-25/h1-11H,13H2,(H,26,27,28)/b8-5+. The summed E-state index contributed by atoms with van der Waals surface area (Å²) in [4.78, 5) is 16.5. The first-order valence-electron chi connectivity index (χ1n) is 8.42. The summed E-state index contributed by atoms with van der Waals surface area (Å²) in [6.07, 6.45) is -1.80. The molecule has 0 unspecified atom stereocenters. The van der Waals surface area contributed by atoms with Gasteiger partial charge >= 0.3 is 11.9 Å². The van der Waals surface area contributed by atoms with E-state index < -0.39 is 17.6 Å². The maximum atomic E-state index is 12.7. The zero-order valence-corrected chi connectivity index (χ0v) is 14.9. The third-order valence-corrected chi connectivity index (χ3v) is 3.93. The SMILES string of the molecule is N#Cc1ccccc1COc1ccc(/C=C/c2cc(C(F)(F)F)[nH]c(=O)n2)cc1. The van der Waals surface area contributed by atoms with Gasteiger partial charge in [-0.05, 0) is 35.9 Å². The van der Waals surface area contributed by atoms with Crippen LogP contribution in [0.3, 0.4) is 0 Å². The fourth-order valence-corrected chi connectivity index (χ4v) is 2.49. The molecule has 0 aliphatic heterocycles. The van der Waals surface area contributed by atoms with Crippen molar-refractivity contribution in [2.24, 2.45) is 0 Å². The number of nitrogens with zero attached hydrogens (tertiary/aromatic N) is 2. The molecule has 0 radical (unpaired) electrons. The second-order valence-electron chi connectivity index (χ2n) is 5.98. The first kappa shape index (κ1) is 19.9. The number of H-pyrrole nitrogens is 1. The molecule has 1 N–H and O–H groups in total. The maximum absolute atomic E-state index is 12.7. The van der Waals surface area contributed by atoms with E-state index >= 15 is 0 Å². The van der Waals surface area contributed by atoms with Crippen LogP contribution in [0.2, 0.25) is 0 Å². The lowest BCUT2D eigenvalue weighted by Gasteiger charge is -2.08. The molecule has 0 amide bonds. The highest BCUT2D eigenvalue weighted by Crippen LogP contribution is 2.27. The molecule has 0 atom stereocenters. The molecule has 1 aromatic heterocycles. The lowest BCUT2D eigenvalue weighted by molar-refractivity contribution is -0.141. The van der Waals surface area contributed by atoms with Crippen molar-refractivity contribution in [3.05, 3.63) is 93.2 Å². The second-order valence-corrected chi connectivity index (χ2v) is 5.98. The van der Waals surface area contributed by atoms with Crippen LogP contribution in [0.15, 0.2) is 59.4 Å². The summed E-state index contributed by atoms with van der Waals surface area (Å²) in [5, 5.41) is 9.08. The molecule has 1 heterocycles. The largest absolute Gasteiger partial charge is 0.489 e. The van der Waals surface area contributed by atoms with Crippen LogP contribution >= 0.6 is 0 Å². The fraction of sp³-hybridized carbons (Fsp3) is 0.0952. The number of rotatable bonds is 5. The molecule has 146 valence electrons. The molecule has 8 heteroatoms. The van der Waals surface area contributed by atoms with Crippen molar-refractivity contribution in [3.63, 3.8) is 0 Å². The van der Waals surface area contributed by atoms with Crippen LogP contribution in [-0.2, 0) is 12.8 Å². The van der Waals surface area contributed by atoms with Gasteiger partial charge in [-0.3, -0.25) is 0 Å². The lowest BCUT2D eigenvalue weighted by atomic mass is 10.1. The van der Waals surface area contributed by atoms with E-state index in [9.17, 15) is 18.0 Å². The minimum Gasteiger partial charge on any atom is -0.489 e. The molecule has 3 aromatic rings. The van der Waals surface area contributed by atoms with Crippen LogP contribution in [-0.4, -0.2) is 9.97 Å². The molecule has 0 fully saturated rings. The number of nitriles is 1. The summed E-state index contributed by atoms with van der Waals surface area (Å²) < 4.78 is 43.9. The number of nitrogens with one attached hydrogen (secondary N) is 1. The fourth-order valence-electron chi connectivity index (χ4n) is 2.49. The van der Waals surface area contributed by atoms with Crippen molar-refractivity contribution in [2.45, 2.75) is 12.8 Å². The zero-order valence-electron chi connectivity index (χ0n) is 14.9. The molecule has 0 saturated carbocycles. The highest BCUT2D eigenvalue weighted by Gasteiger charge is 2.32. The average molecular weight is 397 g/mol. The number of alkyl halides is 3. The predicted molar refractivity (Wildman–Crippen MR) is 101 cm³/mol. The Labute approximate surface area is 163 Å². The third-order valence-electron chi connectivity index (χ3n) is 3.93. The van der Waals surface area contributed by atoms with Crippen LogP contribution < -0.4 is 10.4 Å². The number of hydrogen-bond acceptors (Lipinski definition) is 4. The summed E-state index contributed by atoms with van der Waals surface area (Å²) in [5.41, 5.74) is -0.338. The summed E-state index contributed by atoms with van der Waals surface area (Å²) in [7, 11) is 0. The number of aromatic amines is 1. The van der Waals surface area contributed by atoms with E-state index in [0.717, 1.165) is 11.6 Å². The number of aromatic nitrogens is 2. The molecule has 0 aliphatic carbocycles. The minimum atomic E-state index is -4.66. The van der Waals surface area contributed by atoms with Crippen molar-refractivity contribution in [1.29, 1.82) is 5.26 Å². The Bertz CT molecular complexity index is 1130. The minimum absolute atomic E-state index is 0.102. The Morgan fingerprint density at radius 1 is 1.10 bits per heavy atom. The Morgan fingerprint density at radius 2 is 1.83 bits per heavy atom. The van der Waals surface area contributed by atoms with E-state index in [4.69, 9.17) is 10.00 Å². The van der Waals surface area contributed by atoms with E-state index in [2.05, 4.69) is 11.1 Å². The van der Waals surface area contributed by atoms with Crippen molar-refractivity contribution < 1.29 is 17.9 Å². The quantitative estimate of drug-likeness (QED) is 0.692. The first-order valence-corrected chi connectivity index (χ1v) is 8.42. The topological polar surface area (TPSA) is 78.8 Å². The lowest BCUT2D eigenvalue weighted by Crippen LogP contribution is -2.19. The molecule has 0 aliphatic rings. The van der Waals surface area contributed by atoms with Crippen LogP contribution in [0.5, 0.6) is 5.75 Å². The number of ether oxygens (including phenoxy) is 1. The third kappa shape index (κ3) is 5.32. The van der Waals surface area contributed by atoms with Gasteiger partial charge < -0.3 is 9.72 Å². The molecular formula is C21H14F3N3O2. The van der Waals surface area contributed by atoms with Crippen molar-refractivity contribution in [1.82, 2.24) is 9.97 Å². The summed E-state index contributed by atoms with van der Waals surface area (Å²) in [5.74, 6) is 0.573. The Morgan fingerprint density at radius 3 is 2.52 bits per heavy atom. The van der Waals surface area contributed by atoms with E-state index in [0.29, 0.717) is 16.9 Å². The van der Waals surface area contributed by atoms with Crippen LogP contribution in [0, 0.1) is 11.3 Å². The molecule has 0 spiro atoms. The van der Waals surface area contributed by atoms with Gasteiger partial charge in [0, 0.05) is 5.56 Å². The number of halogens is 3. The van der Waals surface area contributed by atoms with E-state index in [1.165, 1.54) is 12.2 Å². The van der Waals surface area contributed by atoms with Gasteiger partial charge in [0.2, 0.25) is 0 Å². The van der Waals surface area contributed by atoms with E-state index in [-0.39, 0.29) is 12.3 Å². The summed E-state index contributed by atoms with van der Waals surface area (Å²) in [6, 6.07) is 16.8. The van der Waals surface area contributed by atoms with Crippen molar-refractivity contribution in [2.75, 3.05) is 0 Å². The molecule has 29 heavy (non-hydrogen) atoms. The smallest absolute Gasteiger partial charge is 0.431 e. The van der Waals surface area contributed by atoms with Gasteiger partial charge in [0.25, 0.3) is 0 Å². The molecule has 0 bridgehead atoms. The number of benzene rings is 2. The van der Waals surface area contributed by atoms with Gasteiger partial charge in [0.05, 0.1) is 17.3 Å². The first-order chi connectivity index (χ1) is 13.8. The Balaban J connectivity index is 1.69. The van der Waals surface area contributed by atoms with Gasteiger partial charge in [0.1, 0.15) is 18.1 Å². The Hall–Kier alpha value is -3.86.